The average Bonchev–Trinajstić information content (AvgIpc) is 2.89. The first-order valence-electron chi connectivity index (χ1n) is 5.92. The number of likely N-dealkylation sites (tertiary alicyclic amines) is 1. The Hall–Kier alpha value is -2.24. The minimum atomic E-state index is -0.338. The molecule has 1 fully saturated rings. The summed E-state index contributed by atoms with van der Waals surface area (Å²) < 4.78 is 4.65. The first-order valence-corrected chi connectivity index (χ1v) is 5.92. The number of nitrogens with zero attached hydrogens (tertiary/aromatic N) is 1. The summed E-state index contributed by atoms with van der Waals surface area (Å²) >= 11 is 0. The Labute approximate surface area is 110 Å². The Morgan fingerprint density at radius 2 is 2.05 bits per heavy atom. The zero-order valence-corrected chi connectivity index (χ0v) is 10.5. The molecule has 6 nitrogen and oxygen atoms in total. The molecule has 1 aliphatic heterocycles. The Morgan fingerprint density at radius 3 is 2.68 bits per heavy atom. The number of amides is 1. The van der Waals surface area contributed by atoms with E-state index < -0.39 is 0 Å². The van der Waals surface area contributed by atoms with Gasteiger partial charge in [0.1, 0.15) is 0 Å². The summed E-state index contributed by atoms with van der Waals surface area (Å²) in [5.74, 6) is -1.50. The maximum absolute atomic E-state index is 12.1. The number of esters is 1. The quantitative estimate of drug-likeness (QED) is 0.608. The number of phenolic OH excluding ortho intramolecular Hbond substituents is 2. The molecule has 102 valence electrons. The molecule has 2 N–H and O–H groups in total. The first kappa shape index (κ1) is 13.2. The fourth-order valence-corrected chi connectivity index (χ4v) is 2.14. The molecule has 1 saturated heterocycles. The van der Waals surface area contributed by atoms with Gasteiger partial charge in [-0.15, -0.1) is 0 Å². The van der Waals surface area contributed by atoms with Crippen LogP contribution < -0.4 is 0 Å². The van der Waals surface area contributed by atoms with Gasteiger partial charge in [0.2, 0.25) is 0 Å². The van der Waals surface area contributed by atoms with E-state index in [0.29, 0.717) is 19.5 Å². The molecule has 0 aromatic heterocycles. The monoisotopic (exact) mass is 265 g/mol. The van der Waals surface area contributed by atoms with E-state index in [1.54, 1.807) is 0 Å². The standard InChI is InChI=1S/C13H15NO5/c1-19-13(18)9-4-5-14(7-9)12(17)8-2-3-10(15)11(16)6-8/h2-3,6,9,15-16H,4-5,7H2,1H3. The van der Waals surface area contributed by atoms with E-state index in [2.05, 4.69) is 4.74 Å². The summed E-state index contributed by atoms with van der Waals surface area (Å²) in [7, 11) is 1.32. The lowest BCUT2D eigenvalue weighted by Crippen LogP contribution is -2.30. The summed E-state index contributed by atoms with van der Waals surface area (Å²) in [6.07, 6.45) is 0.572. The third-order valence-corrected chi connectivity index (χ3v) is 3.23. The molecule has 1 aliphatic rings. The van der Waals surface area contributed by atoms with E-state index in [0.717, 1.165) is 0 Å². The van der Waals surface area contributed by atoms with Gasteiger partial charge in [-0.25, -0.2) is 0 Å². The molecule has 1 amide bonds. The fourth-order valence-electron chi connectivity index (χ4n) is 2.14. The van der Waals surface area contributed by atoms with Gasteiger partial charge in [-0.05, 0) is 24.6 Å². The maximum Gasteiger partial charge on any atom is 0.310 e. The van der Waals surface area contributed by atoms with Crippen molar-refractivity contribution >= 4 is 11.9 Å². The number of carbonyl (C=O) groups excluding carboxylic acids is 2. The molecule has 1 aromatic carbocycles. The van der Waals surface area contributed by atoms with Gasteiger partial charge in [0.25, 0.3) is 5.91 Å². The van der Waals surface area contributed by atoms with Crippen molar-refractivity contribution in [1.82, 2.24) is 4.90 Å². The van der Waals surface area contributed by atoms with Gasteiger partial charge in [-0.1, -0.05) is 0 Å². The van der Waals surface area contributed by atoms with Crippen molar-refractivity contribution < 1.29 is 24.5 Å². The van der Waals surface area contributed by atoms with Crippen LogP contribution in [0.15, 0.2) is 18.2 Å². The van der Waals surface area contributed by atoms with Crippen LogP contribution in [0.25, 0.3) is 0 Å². The number of phenols is 2. The molecular weight excluding hydrogens is 250 g/mol. The predicted molar refractivity (Wildman–Crippen MR) is 65.8 cm³/mol. The summed E-state index contributed by atoms with van der Waals surface area (Å²) in [5.41, 5.74) is 0.279. The van der Waals surface area contributed by atoms with Crippen LogP contribution in [0.2, 0.25) is 0 Å². The molecular formula is C13H15NO5. The van der Waals surface area contributed by atoms with E-state index in [4.69, 9.17) is 0 Å². The van der Waals surface area contributed by atoms with Crippen LogP contribution in [0.1, 0.15) is 16.8 Å². The highest BCUT2D eigenvalue weighted by Gasteiger charge is 2.32. The summed E-state index contributed by atoms with van der Waals surface area (Å²) in [6, 6.07) is 3.91. The molecule has 6 heteroatoms. The number of ether oxygens (including phenoxy) is 1. The lowest BCUT2D eigenvalue weighted by Gasteiger charge is -2.16. The lowest BCUT2D eigenvalue weighted by atomic mass is 10.1. The van der Waals surface area contributed by atoms with Crippen molar-refractivity contribution in [3.05, 3.63) is 23.8 Å². The Kier molecular flexibility index (Phi) is 3.59. The fraction of sp³-hybridized carbons (Fsp3) is 0.385. The molecule has 0 bridgehead atoms. The number of aromatic hydroxyl groups is 2. The molecule has 1 aromatic rings. The third kappa shape index (κ3) is 2.62. The second-order valence-electron chi connectivity index (χ2n) is 4.46. The van der Waals surface area contributed by atoms with E-state index in [9.17, 15) is 19.8 Å². The summed E-state index contributed by atoms with van der Waals surface area (Å²) in [4.78, 5) is 25.1. The van der Waals surface area contributed by atoms with Gasteiger partial charge in [0, 0.05) is 18.7 Å². The Balaban J connectivity index is 2.09. The Morgan fingerprint density at radius 1 is 1.32 bits per heavy atom. The normalized spacial score (nSPS) is 18.4. The van der Waals surface area contributed by atoms with Crippen molar-refractivity contribution in [2.24, 2.45) is 5.92 Å². The van der Waals surface area contributed by atoms with E-state index in [1.165, 1.54) is 30.2 Å². The molecule has 0 aliphatic carbocycles. The van der Waals surface area contributed by atoms with Crippen LogP contribution in [-0.2, 0) is 9.53 Å². The number of hydrogen-bond donors (Lipinski definition) is 2. The van der Waals surface area contributed by atoms with Gasteiger partial charge < -0.3 is 19.8 Å². The summed E-state index contributed by atoms with van der Waals surface area (Å²) in [5, 5.41) is 18.6. The van der Waals surface area contributed by atoms with Crippen LogP contribution in [0.4, 0.5) is 0 Å². The highest BCUT2D eigenvalue weighted by Crippen LogP contribution is 2.27. The summed E-state index contributed by atoms with van der Waals surface area (Å²) in [6.45, 7) is 0.785. The van der Waals surface area contributed by atoms with Gasteiger partial charge in [0.05, 0.1) is 13.0 Å². The Bertz CT molecular complexity index is 514. The predicted octanol–water partition coefficient (Wildman–Crippen LogP) is 0.733. The molecule has 0 spiro atoms. The van der Waals surface area contributed by atoms with Gasteiger partial charge in [0.15, 0.2) is 11.5 Å². The number of hydrogen-bond acceptors (Lipinski definition) is 5. The van der Waals surface area contributed by atoms with Crippen LogP contribution >= 0.6 is 0 Å². The highest BCUT2D eigenvalue weighted by molar-refractivity contribution is 5.95. The first-order chi connectivity index (χ1) is 9.02. The van der Waals surface area contributed by atoms with Crippen LogP contribution in [0.5, 0.6) is 11.5 Å². The minimum absolute atomic E-state index is 0.273. The zero-order chi connectivity index (χ0) is 14.0. The number of benzene rings is 1. The molecule has 1 atom stereocenters. The van der Waals surface area contributed by atoms with Crippen LogP contribution in [0, 0.1) is 5.92 Å². The topological polar surface area (TPSA) is 87.1 Å². The van der Waals surface area contributed by atoms with Crippen LogP contribution in [0.3, 0.4) is 0 Å². The maximum atomic E-state index is 12.1. The van der Waals surface area contributed by atoms with Gasteiger partial charge >= 0.3 is 5.97 Å². The molecule has 19 heavy (non-hydrogen) atoms. The van der Waals surface area contributed by atoms with Crippen molar-refractivity contribution in [1.29, 1.82) is 0 Å². The van der Waals surface area contributed by atoms with Gasteiger partial charge in [-0.2, -0.15) is 0 Å². The third-order valence-electron chi connectivity index (χ3n) is 3.23. The lowest BCUT2D eigenvalue weighted by molar-refractivity contribution is -0.144. The molecule has 2 rings (SSSR count). The van der Waals surface area contributed by atoms with Gasteiger partial charge in [-0.3, -0.25) is 9.59 Å². The number of methoxy groups -OCH3 is 1. The zero-order valence-electron chi connectivity index (χ0n) is 10.5. The van der Waals surface area contributed by atoms with Crippen molar-refractivity contribution in [2.75, 3.05) is 20.2 Å². The van der Waals surface area contributed by atoms with Crippen molar-refractivity contribution in [3.8, 4) is 11.5 Å². The van der Waals surface area contributed by atoms with E-state index in [-0.39, 0.29) is 34.9 Å². The number of rotatable bonds is 2. The molecule has 1 unspecified atom stereocenters. The smallest absolute Gasteiger partial charge is 0.310 e. The molecule has 1 heterocycles. The molecule has 0 radical (unpaired) electrons. The van der Waals surface area contributed by atoms with Crippen molar-refractivity contribution in [3.63, 3.8) is 0 Å². The van der Waals surface area contributed by atoms with Crippen molar-refractivity contribution in [2.45, 2.75) is 6.42 Å². The van der Waals surface area contributed by atoms with E-state index in [1.807, 2.05) is 0 Å². The highest BCUT2D eigenvalue weighted by atomic mass is 16.5. The number of carbonyl (C=O) groups is 2. The molecule has 0 saturated carbocycles. The van der Waals surface area contributed by atoms with Crippen LogP contribution in [-0.4, -0.2) is 47.2 Å². The second-order valence-corrected chi connectivity index (χ2v) is 4.46. The average molecular weight is 265 g/mol. The second kappa shape index (κ2) is 5.17. The minimum Gasteiger partial charge on any atom is -0.504 e. The SMILES string of the molecule is COC(=O)C1CCN(C(=O)c2ccc(O)c(O)c2)C1. The van der Waals surface area contributed by atoms with E-state index >= 15 is 0 Å². The largest absolute Gasteiger partial charge is 0.504 e.